The van der Waals surface area contributed by atoms with Crippen LogP contribution < -0.4 is 15.0 Å². The van der Waals surface area contributed by atoms with Gasteiger partial charge in [-0.2, -0.15) is 0 Å². The van der Waals surface area contributed by atoms with E-state index in [4.69, 9.17) is 4.74 Å². The summed E-state index contributed by atoms with van der Waals surface area (Å²) in [5.41, 5.74) is 2.06. The Morgan fingerprint density at radius 1 is 1.10 bits per heavy atom. The molecule has 1 saturated heterocycles. The molecular formula is C23H24N4O3. The first-order valence-electron chi connectivity index (χ1n) is 10.0. The number of nitrogens with zero attached hydrogens (tertiary/aromatic N) is 3. The second-order valence-corrected chi connectivity index (χ2v) is 7.27. The number of carbonyl (C=O) groups is 2. The highest BCUT2D eigenvalue weighted by atomic mass is 16.5. The number of ether oxygens (including phenoxy) is 1. The summed E-state index contributed by atoms with van der Waals surface area (Å²) in [5, 5.41) is 2.88. The first-order valence-corrected chi connectivity index (χ1v) is 10.0. The van der Waals surface area contributed by atoms with Crippen LogP contribution in [0.15, 0.2) is 60.9 Å². The van der Waals surface area contributed by atoms with Crippen LogP contribution in [-0.4, -0.2) is 27.9 Å². The number of benzene rings is 2. The molecule has 30 heavy (non-hydrogen) atoms. The second kappa shape index (κ2) is 8.82. The number of carbonyl (C=O) groups excluding carboxylic acids is 2. The molecule has 1 aromatic heterocycles. The van der Waals surface area contributed by atoms with Crippen LogP contribution in [0.3, 0.4) is 0 Å². The van der Waals surface area contributed by atoms with E-state index in [0.29, 0.717) is 30.0 Å². The molecule has 154 valence electrons. The number of amides is 2. The Bertz CT molecular complexity index is 1030. The number of hydrogen-bond donors (Lipinski definition) is 1. The number of nitrogens with one attached hydrogen (secondary N) is 1. The van der Waals surface area contributed by atoms with Gasteiger partial charge < -0.3 is 19.5 Å². The topological polar surface area (TPSA) is 76.5 Å². The van der Waals surface area contributed by atoms with Gasteiger partial charge in [-0.05, 0) is 61.4 Å². The summed E-state index contributed by atoms with van der Waals surface area (Å²) < 4.78 is 7.63. The third kappa shape index (κ3) is 4.51. The van der Waals surface area contributed by atoms with Crippen LogP contribution in [0.5, 0.6) is 5.75 Å². The zero-order chi connectivity index (χ0) is 20.9. The maximum absolute atomic E-state index is 12.5. The third-order valence-corrected chi connectivity index (χ3v) is 5.17. The van der Waals surface area contributed by atoms with Gasteiger partial charge in [-0.3, -0.25) is 9.59 Å². The molecule has 7 nitrogen and oxygen atoms in total. The molecule has 7 heteroatoms. The number of anilines is 2. The van der Waals surface area contributed by atoms with Gasteiger partial charge in [-0.15, -0.1) is 0 Å². The maximum atomic E-state index is 12.5. The molecule has 1 fully saturated rings. The molecule has 2 amide bonds. The van der Waals surface area contributed by atoms with E-state index in [1.807, 2.05) is 42.1 Å². The Balaban J connectivity index is 1.34. The van der Waals surface area contributed by atoms with Crippen molar-refractivity contribution in [3.8, 4) is 5.75 Å². The van der Waals surface area contributed by atoms with Crippen molar-refractivity contribution in [2.24, 2.45) is 7.05 Å². The minimum Gasteiger partial charge on any atom is -0.486 e. The van der Waals surface area contributed by atoms with Crippen LogP contribution in [-0.2, 0) is 18.4 Å². The van der Waals surface area contributed by atoms with E-state index in [1.165, 1.54) is 0 Å². The maximum Gasteiger partial charge on any atom is 0.255 e. The molecular weight excluding hydrogens is 380 g/mol. The van der Waals surface area contributed by atoms with Crippen LogP contribution in [0, 0.1) is 0 Å². The molecule has 1 aliphatic heterocycles. The molecule has 0 atom stereocenters. The summed E-state index contributed by atoms with van der Waals surface area (Å²) in [6.45, 7) is 1.11. The van der Waals surface area contributed by atoms with E-state index >= 15 is 0 Å². The van der Waals surface area contributed by atoms with E-state index in [0.717, 1.165) is 30.9 Å². The summed E-state index contributed by atoms with van der Waals surface area (Å²) in [4.78, 5) is 30.6. The summed E-state index contributed by atoms with van der Waals surface area (Å²) in [7, 11) is 1.92. The van der Waals surface area contributed by atoms with E-state index < -0.39 is 0 Å². The van der Waals surface area contributed by atoms with Gasteiger partial charge in [0.2, 0.25) is 5.91 Å². The van der Waals surface area contributed by atoms with E-state index in [1.54, 1.807) is 35.4 Å². The minimum absolute atomic E-state index is 0.142. The lowest BCUT2D eigenvalue weighted by molar-refractivity contribution is -0.119. The van der Waals surface area contributed by atoms with Gasteiger partial charge in [-0.25, -0.2) is 4.98 Å². The predicted molar refractivity (Wildman–Crippen MR) is 115 cm³/mol. The van der Waals surface area contributed by atoms with Crippen molar-refractivity contribution in [3.63, 3.8) is 0 Å². The van der Waals surface area contributed by atoms with Crippen molar-refractivity contribution in [1.82, 2.24) is 9.55 Å². The van der Waals surface area contributed by atoms with Crippen molar-refractivity contribution < 1.29 is 14.3 Å². The van der Waals surface area contributed by atoms with Gasteiger partial charge in [0.15, 0.2) is 0 Å². The van der Waals surface area contributed by atoms with Gasteiger partial charge in [0, 0.05) is 49.3 Å². The number of aryl methyl sites for hydroxylation is 1. The lowest BCUT2D eigenvalue weighted by atomic mass is 10.1. The summed E-state index contributed by atoms with van der Waals surface area (Å²) in [6.07, 6.45) is 6.14. The molecule has 2 aromatic carbocycles. The summed E-state index contributed by atoms with van der Waals surface area (Å²) in [6, 6.07) is 14.4. The highest BCUT2D eigenvalue weighted by Crippen LogP contribution is 2.22. The fourth-order valence-corrected chi connectivity index (χ4v) is 3.39. The Kier molecular flexibility index (Phi) is 5.79. The third-order valence-electron chi connectivity index (χ3n) is 5.17. The van der Waals surface area contributed by atoms with Crippen LogP contribution in [0.4, 0.5) is 11.4 Å². The second-order valence-electron chi connectivity index (χ2n) is 7.27. The zero-order valence-electron chi connectivity index (χ0n) is 16.9. The first-order chi connectivity index (χ1) is 14.6. The molecule has 0 saturated carbocycles. The summed E-state index contributed by atoms with van der Waals surface area (Å²) >= 11 is 0. The smallest absolute Gasteiger partial charge is 0.255 e. The average Bonchev–Trinajstić information content (AvgIpc) is 3.18. The largest absolute Gasteiger partial charge is 0.486 e. The highest BCUT2D eigenvalue weighted by molar-refractivity contribution is 6.04. The van der Waals surface area contributed by atoms with Crippen molar-refractivity contribution in [3.05, 3.63) is 72.3 Å². The lowest BCUT2D eigenvalue weighted by Crippen LogP contribution is -2.35. The molecule has 0 radical (unpaired) electrons. The standard InChI is InChI=1S/C23H24N4O3/c1-26-15-13-24-21(26)16-30-20-11-7-18(8-12-20)25-23(29)17-5-9-19(10-6-17)27-14-3-2-4-22(27)28/h5-13,15H,2-4,14,16H2,1H3,(H,25,29). The van der Waals surface area contributed by atoms with Crippen molar-refractivity contribution in [2.75, 3.05) is 16.8 Å². The van der Waals surface area contributed by atoms with Crippen molar-refractivity contribution >= 4 is 23.2 Å². The minimum atomic E-state index is -0.201. The fraction of sp³-hybridized carbons (Fsp3) is 0.261. The van der Waals surface area contributed by atoms with E-state index in [-0.39, 0.29) is 11.8 Å². The van der Waals surface area contributed by atoms with Gasteiger partial charge >= 0.3 is 0 Å². The Hall–Kier alpha value is -3.61. The highest BCUT2D eigenvalue weighted by Gasteiger charge is 2.19. The number of aromatic nitrogens is 2. The molecule has 1 aliphatic rings. The molecule has 0 spiro atoms. The summed E-state index contributed by atoms with van der Waals surface area (Å²) in [5.74, 6) is 1.48. The number of rotatable bonds is 6. The van der Waals surface area contributed by atoms with Crippen LogP contribution >= 0.6 is 0 Å². The van der Waals surface area contributed by atoms with Crippen LogP contribution in [0.25, 0.3) is 0 Å². The first kappa shape index (κ1) is 19.7. The normalized spacial score (nSPS) is 13.9. The van der Waals surface area contributed by atoms with Crippen LogP contribution in [0.2, 0.25) is 0 Å². The SMILES string of the molecule is Cn1ccnc1COc1ccc(NC(=O)c2ccc(N3CCCCC3=O)cc2)cc1. The van der Waals surface area contributed by atoms with E-state index in [9.17, 15) is 9.59 Å². The fourth-order valence-electron chi connectivity index (χ4n) is 3.39. The number of hydrogen-bond acceptors (Lipinski definition) is 4. The van der Waals surface area contributed by atoms with Gasteiger partial charge in [0.05, 0.1) is 0 Å². The predicted octanol–water partition coefficient (Wildman–Crippen LogP) is 3.77. The molecule has 3 aromatic rings. The molecule has 4 rings (SSSR count). The Morgan fingerprint density at radius 2 is 1.87 bits per heavy atom. The van der Waals surface area contributed by atoms with E-state index in [2.05, 4.69) is 10.3 Å². The number of piperidine rings is 1. The zero-order valence-corrected chi connectivity index (χ0v) is 16.9. The van der Waals surface area contributed by atoms with Gasteiger partial charge in [0.1, 0.15) is 18.2 Å². The molecule has 0 bridgehead atoms. The Labute approximate surface area is 175 Å². The molecule has 1 N–H and O–H groups in total. The molecule has 0 unspecified atom stereocenters. The van der Waals surface area contributed by atoms with Crippen LogP contribution in [0.1, 0.15) is 35.4 Å². The quantitative estimate of drug-likeness (QED) is 0.679. The monoisotopic (exact) mass is 404 g/mol. The molecule has 0 aliphatic carbocycles. The lowest BCUT2D eigenvalue weighted by Gasteiger charge is -2.26. The van der Waals surface area contributed by atoms with Gasteiger partial charge in [-0.1, -0.05) is 0 Å². The average molecular weight is 404 g/mol. The van der Waals surface area contributed by atoms with Crippen molar-refractivity contribution in [2.45, 2.75) is 25.9 Å². The Morgan fingerprint density at radius 3 is 2.53 bits per heavy atom. The van der Waals surface area contributed by atoms with Gasteiger partial charge in [0.25, 0.3) is 5.91 Å². The van der Waals surface area contributed by atoms with Crippen molar-refractivity contribution in [1.29, 1.82) is 0 Å². The molecule has 2 heterocycles. The number of imidazole rings is 1.